The summed E-state index contributed by atoms with van der Waals surface area (Å²) in [5.41, 5.74) is 2.29. The van der Waals surface area contributed by atoms with Gasteiger partial charge in [0.15, 0.2) is 11.5 Å². The Morgan fingerprint density at radius 2 is 2.00 bits per heavy atom. The summed E-state index contributed by atoms with van der Waals surface area (Å²) in [5.74, 6) is -0.827. The largest absolute Gasteiger partial charge is 0.506 e. The number of pyridine rings is 2. The highest BCUT2D eigenvalue weighted by Crippen LogP contribution is 2.33. The Morgan fingerprint density at radius 1 is 1.23 bits per heavy atom. The summed E-state index contributed by atoms with van der Waals surface area (Å²) >= 11 is 0. The SMILES string of the molecule is CNS(=O)(=O)Nc1ccc2c(c1)S(=O)(=O)N=C(c1c(O)c3cccnc3n(NC3CCC3)c1=O)N2. The van der Waals surface area contributed by atoms with Gasteiger partial charge in [0.1, 0.15) is 16.2 Å². The standard InChI is InChI=1S/C20H21N7O6S2/c1-21-35(32,33)25-12-7-8-14-15(10-12)34(30,31)26-18(23-14)16-17(28)13-6-3-9-22-19(13)27(20(16)29)24-11-4-2-5-11/h3,6-11,21,24-25,28H,2,4-5H2,1H3,(H,23,26). The van der Waals surface area contributed by atoms with E-state index >= 15 is 0 Å². The van der Waals surface area contributed by atoms with Crippen molar-refractivity contribution < 1.29 is 21.9 Å². The normalized spacial score (nSPS) is 17.1. The maximum absolute atomic E-state index is 13.4. The van der Waals surface area contributed by atoms with Crippen molar-refractivity contribution in [3.05, 3.63) is 52.4 Å². The smallest absolute Gasteiger partial charge is 0.298 e. The van der Waals surface area contributed by atoms with Gasteiger partial charge in [-0.25, -0.2) is 14.4 Å². The number of nitrogens with zero attached hydrogens (tertiary/aromatic N) is 3. The van der Waals surface area contributed by atoms with Gasteiger partial charge in [-0.05, 0) is 49.6 Å². The molecule has 2 aliphatic rings. The van der Waals surface area contributed by atoms with Gasteiger partial charge in [0.25, 0.3) is 25.8 Å². The fraction of sp³-hybridized carbons (Fsp3) is 0.250. The van der Waals surface area contributed by atoms with Crippen molar-refractivity contribution >= 4 is 48.5 Å². The fourth-order valence-corrected chi connectivity index (χ4v) is 5.48. The highest BCUT2D eigenvalue weighted by atomic mass is 32.2. The quantitative estimate of drug-likeness (QED) is 0.312. The average molecular weight is 520 g/mol. The second-order valence-electron chi connectivity index (χ2n) is 8.06. The maximum Gasteiger partial charge on any atom is 0.298 e. The number of aromatic hydroxyl groups is 1. The van der Waals surface area contributed by atoms with E-state index in [0.29, 0.717) is 0 Å². The summed E-state index contributed by atoms with van der Waals surface area (Å²) in [4.78, 5) is 17.4. The molecule has 1 fully saturated rings. The maximum atomic E-state index is 13.4. The van der Waals surface area contributed by atoms with Crippen LogP contribution in [0.5, 0.6) is 5.75 Å². The van der Waals surface area contributed by atoms with Crippen LogP contribution in [0, 0.1) is 0 Å². The Bertz CT molecular complexity index is 1660. The third-order valence-electron chi connectivity index (χ3n) is 5.81. The molecule has 0 saturated heterocycles. The molecule has 0 amide bonds. The van der Waals surface area contributed by atoms with Crippen molar-refractivity contribution in [2.75, 3.05) is 22.5 Å². The lowest BCUT2D eigenvalue weighted by Gasteiger charge is -2.29. The van der Waals surface area contributed by atoms with Crippen LogP contribution in [-0.4, -0.2) is 50.5 Å². The molecule has 35 heavy (non-hydrogen) atoms. The number of hydrogen-bond acceptors (Lipinski definition) is 9. The number of rotatable bonds is 6. The summed E-state index contributed by atoms with van der Waals surface area (Å²) in [6.45, 7) is 0. The summed E-state index contributed by atoms with van der Waals surface area (Å²) in [7, 11) is -7.04. The molecule has 1 aromatic carbocycles. The molecule has 1 saturated carbocycles. The van der Waals surface area contributed by atoms with E-state index in [9.17, 15) is 26.7 Å². The zero-order chi connectivity index (χ0) is 25.0. The van der Waals surface area contributed by atoms with Gasteiger partial charge in [-0.15, -0.1) is 4.40 Å². The van der Waals surface area contributed by atoms with Crippen LogP contribution in [0.1, 0.15) is 24.8 Å². The van der Waals surface area contributed by atoms with Crippen LogP contribution in [0.25, 0.3) is 11.0 Å². The van der Waals surface area contributed by atoms with E-state index in [1.807, 2.05) is 0 Å². The molecule has 0 atom stereocenters. The van der Waals surface area contributed by atoms with E-state index in [4.69, 9.17) is 0 Å². The van der Waals surface area contributed by atoms with Crippen molar-refractivity contribution in [1.29, 1.82) is 0 Å². The van der Waals surface area contributed by atoms with E-state index < -0.39 is 31.5 Å². The van der Waals surface area contributed by atoms with Crippen molar-refractivity contribution in [3.8, 4) is 5.75 Å². The van der Waals surface area contributed by atoms with Crippen molar-refractivity contribution in [2.45, 2.75) is 30.2 Å². The van der Waals surface area contributed by atoms with Crippen LogP contribution in [-0.2, 0) is 20.2 Å². The molecule has 5 rings (SSSR count). The summed E-state index contributed by atoms with van der Waals surface area (Å²) in [6.07, 6.45) is 4.21. The Hall–Kier alpha value is -3.69. The number of anilines is 2. The zero-order valence-corrected chi connectivity index (χ0v) is 19.9. The third kappa shape index (κ3) is 4.06. The minimum absolute atomic E-state index is 0.00574. The van der Waals surface area contributed by atoms with Crippen LogP contribution in [0.3, 0.4) is 0 Å². The lowest BCUT2D eigenvalue weighted by molar-refractivity contribution is 0.413. The lowest BCUT2D eigenvalue weighted by atomic mass is 9.94. The number of aromatic nitrogens is 2. The highest BCUT2D eigenvalue weighted by Gasteiger charge is 2.31. The second kappa shape index (κ2) is 8.21. The van der Waals surface area contributed by atoms with E-state index in [0.717, 1.165) is 25.3 Å². The number of hydrogen-bond donors (Lipinski definition) is 5. The Morgan fingerprint density at radius 3 is 2.69 bits per heavy atom. The van der Waals surface area contributed by atoms with Crippen molar-refractivity contribution in [2.24, 2.45) is 4.40 Å². The van der Waals surface area contributed by atoms with Crippen LogP contribution in [0.15, 0.2) is 50.6 Å². The Labute approximate surface area is 200 Å². The molecular weight excluding hydrogens is 498 g/mol. The molecule has 5 N–H and O–H groups in total. The first-order valence-corrected chi connectivity index (χ1v) is 13.5. The number of amidine groups is 1. The first-order chi connectivity index (χ1) is 16.6. The van der Waals surface area contributed by atoms with E-state index in [1.165, 1.54) is 30.1 Å². The van der Waals surface area contributed by atoms with Gasteiger partial charge in [0.2, 0.25) is 0 Å². The summed E-state index contributed by atoms with van der Waals surface area (Å²) in [5, 5.41) is 14.0. The van der Waals surface area contributed by atoms with Crippen LogP contribution in [0.4, 0.5) is 11.4 Å². The number of nitrogens with one attached hydrogen (secondary N) is 4. The molecule has 2 aromatic heterocycles. The average Bonchev–Trinajstić information content (AvgIpc) is 2.78. The van der Waals surface area contributed by atoms with Gasteiger partial charge in [0.05, 0.1) is 16.8 Å². The van der Waals surface area contributed by atoms with Gasteiger partial charge in [-0.2, -0.15) is 16.8 Å². The van der Waals surface area contributed by atoms with E-state index in [2.05, 4.69) is 29.6 Å². The van der Waals surface area contributed by atoms with Crippen molar-refractivity contribution in [3.63, 3.8) is 0 Å². The number of fused-ring (bicyclic) bond motifs is 2. The van der Waals surface area contributed by atoms with Gasteiger partial charge < -0.3 is 15.8 Å². The van der Waals surface area contributed by atoms with Gasteiger partial charge in [0, 0.05) is 19.3 Å². The second-order valence-corrected chi connectivity index (χ2v) is 11.2. The fourth-order valence-electron chi connectivity index (χ4n) is 3.79. The molecule has 0 bridgehead atoms. The van der Waals surface area contributed by atoms with Crippen LogP contribution < -0.4 is 25.7 Å². The highest BCUT2D eigenvalue weighted by molar-refractivity contribution is 7.91. The first kappa shape index (κ1) is 23.1. The molecule has 1 aliphatic carbocycles. The van der Waals surface area contributed by atoms with Gasteiger partial charge in [-0.3, -0.25) is 9.52 Å². The predicted molar refractivity (Wildman–Crippen MR) is 130 cm³/mol. The number of benzene rings is 1. The lowest BCUT2D eigenvalue weighted by Crippen LogP contribution is -2.42. The predicted octanol–water partition coefficient (Wildman–Crippen LogP) is 0.635. The minimum atomic E-state index is -4.37. The third-order valence-corrected chi connectivity index (χ3v) is 8.16. The van der Waals surface area contributed by atoms with Gasteiger partial charge in [-0.1, -0.05) is 0 Å². The van der Waals surface area contributed by atoms with Gasteiger partial charge >= 0.3 is 0 Å². The Balaban J connectivity index is 1.64. The molecule has 3 heterocycles. The molecule has 13 nitrogen and oxygen atoms in total. The van der Waals surface area contributed by atoms with Crippen molar-refractivity contribution in [1.82, 2.24) is 14.4 Å². The molecule has 0 unspecified atom stereocenters. The Kier molecular flexibility index (Phi) is 5.41. The summed E-state index contributed by atoms with van der Waals surface area (Å²) in [6, 6.07) is 6.97. The molecule has 0 radical (unpaired) electrons. The molecule has 1 aliphatic heterocycles. The van der Waals surface area contributed by atoms with Crippen LogP contribution in [0.2, 0.25) is 0 Å². The monoisotopic (exact) mass is 519 g/mol. The topological polar surface area (TPSA) is 184 Å². The molecule has 0 spiro atoms. The first-order valence-electron chi connectivity index (χ1n) is 10.6. The van der Waals surface area contributed by atoms with E-state index in [1.54, 1.807) is 12.1 Å². The molecule has 15 heteroatoms. The minimum Gasteiger partial charge on any atom is -0.506 e. The van der Waals surface area contributed by atoms with E-state index in [-0.39, 0.29) is 44.7 Å². The van der Waals surface area contributed by atoms with Crippen LogP contribution >= 0.6 is 0 Å². The molecule has 184 valence electrons. The molecule has 3 aromatic rings. The summed E-state index contributed by atoms with van der Waals surface area (Å²) < 4.78 is 58.7. The zero-order valence-electron chi connectivity index (χ0n) is 18.3. The number of sulfonamides is 1. The molecular formula is C20H21N7O6S2.